The van der Waals surface area contributed by atoms with Gasteiger partial charge in [0.15, 0.2) is 0 Å². The maximum atomic E-state index is 9.74. The predicted octanol–water partition coefficient (Wildman–Crippen LogP) is 5.22. The zero-order valence-corrected chi connectivity index (χ0v) is 14.4. The Balaban J connectivity index is 2.30. The first-order chi connectivity index (χ1) is 13.7. The first kappa shape index (κ1) is 15.6. The van der Waals surface area contributed by atoms with Crippen molar-refractivity contribution in [3.8, 4) is 24.3 Å². The van der Waals surface area contributed by atoms with E-state index in [0.717, 1.165) is 43.1 Å². The molecule has 0 spiro atoms. The molecule has 0 amide bonds. The molecule has 5 rings (SSSR count). The van der Waals surface area contributed by atoms with Crippen LogP contribution in [0, 0.1) is 45.3 Å². The van der Waals surface area contributed by atoms with Gasteiger partial charge in [0.25, 0.3) is 0 Å². The number of nitriles is 4. The molecule has 5 aromatic carbocycles. The Morgan fingerprint density at radius 2 is 0.679 bits per heavy atom. The second-order valence-electron chi connectivity index (χ2n) is 6.59. The lowest BCUT2D eigenvalue weighted by Crippen LogP contribution is -1.94. The molecule has 0 saturated heterocycles. The van der Waals surface area contributed by atoms with Gasteiger partial charge in [-0.15, -0.1) is 0 Å². The number of nitrogens with zero attached hydrogens (tertiary/aromatic N) is 4. The van der Waals surface area contributed by atoms with E-state index in [1.807, 2.05) is 12.1 Å². The Labute approximate surface area is 159 Å². The van der Waals surface area contributed by atoms with E-state index >= 15 is 0 Å². The number of hydrogen-bond acceptors (Lipinski definition) is 4. The molecule has 0 N–H and O–H groups in total. The molecule has 0 heterocycles. The average molecular weight is 352 g/mol. The highest BCUT2D eigenvalue weighted by molar-refractivity contribution is 6.35. The summed E-state index contributed by atoms with van der Waals surface area (Å²) in [7, 11) is 0. The summed E-state index contributed by atoms with van der Waals surface area (Å²) in [6, 6.07) is 23.1. The second kappa shape index (κ2) is 5.43. The summed E-state index contributed by atoms with van der Waals surface area (Å²) >= 11 is 0. The first-order valence-electron chi connectivity index (χ1n) is 8.54. The molecule has 5 aromatic rings. The number of fused-ring (bicyclic) bond motifs is 2. The van der Waals surface area contributed by atoms with Crippen molar-refractivity contribution >= 4 is 43.1 Å². The van der Waals surface area contributed by atoms with Crippen molar-refractivity contribution < 1.29 is 0 Å². The third kappa shape index (κ3) is 1.74. The van der Waals surface area contributed by atoms with Gasteiger partial charge in [0.1, 0.15) is 0 Å². The van der Waals surface area contributed by atoms with E-state index in [2.05, 4.69) is 24.3 Å². The summed E-state index contributed by atoms with van der Waals surface area (Å²) in [4.78, 5) is 0. The van der Waals surface area contributed by atoms with Crippen LogP contribution in [0.2, 0.25) is 0 Å². The fraction of sp³-hybridized carbons (Fsp3) is 0. The summed E-state index contributed by atoms with van der Waals surface area (Å²) in [6.07, 6.45) is 0. The lowest BCUT2D eigenvalue weighted by molar-refractivity contribution is 1.49. The van der Waals surface area contributed by atoms with Gasteiger partial charge in [-0.05, 0) is 35.0 Å². The standard InChI is InChI=1S/C24H8N4/c25-9-13-1-7-19-21-15(11-27)4-6-18-14(10-26)2-8-20(24(18)21)22-16(12-28)3-5-17(13)23(19)22/h1-8H. The SMILES string of the molecule is N#Cc1ccc2c3c(C#N)ccc4c(C#N)ccc(c5c(C#N)ccc1c25)c43. The van der Waals surface area contributed by atoms with Gasteiger partial charge in [0.05, 0.1) is 46.5 Å². The zero-order valence-electron chi connectivity index (χ0n) is 14.4. The third-order valence-electron chi connectivity index (χ3n) is 5.38. The Morgan fingerprint density at radius 1 is 0.357 bits per heavy atom. The normalized spacial score (nSPS) is 10.7. The zero-order chi connectivity index (χ0) is 19.4. The van der Waals surface area contributed by atoms with Crippen molar-refractivity contribution in [3.05, 3.63) is 70.8 Å². The molecule has 0 aliphatic carbocycles. The molecule has 0 unspecified atom stereocenters. The minimum absolute atomic E-state index is 0.503. The van der Waals surface area contributed by atoms with Crippen molar-refractivity contribution in [2.75, 3.05) is 0 Å². The summed E-state index contributed by atoms with van der Waals surface area (Å²) in [5, 5.41) is 44.8. The van der Waals surface area contributed by atoms with Crippen molar-refractivity contribution in [1.82, 2.24) is 0 Å². The van der Waals surface area contributed by atoms with Crippen molar-refractivity contribution in [1.29, 1.82) is 21.0 Å². The van der Waals surface area contributed by atoms with Crippen LogP contribution in [0.5, 0.6) is 0 Å². The van der Waals surface area contributed by atoms with Crippen LogP contribution in [0.15, 0.2) is 48.5 Å². The van der Waals surface area contributed by atoms with Gasteiger partial charge < -0.3 is 0 Å². The molecular weight excluding hydrogens is 344 g/mol. The van der Waals surface area contributed by atoms with E-state index in [1.165, 1.54) is 0 Å². The van der Waals surface area contributed by atoms with Gasteiger partial charge in [-0.25, -0.2) is 0 Å². The molecule has 0 bridgehead atoms. The highest BCUT2D eigenvalue weighted by Gasteiger charge is 2.20. The second-order valence-corrected chi connectivity index (χ2v) is 6.59. The molecule has 0 saturated carbocycles. The summed E-state index contributed by atoms with van der Waals surface area (Å²) in [5.74, 6) is 0. The largest absolute Gasteiger partial charge is 0.192 e. The maximum Gasteiger partial charge on any atom is 0.0998 e. The Morgan fingerprint density at radius 3 is 1.04 bits per heavy atom. The van der Waals surface area contributed by atoms with Crippen LogP contribution in [0.25, 0.3) is 43.1 Å². The summed E-state index contributed by atoms with van der Waals surface area (Å²) in [6.45, 7) is 0. The predicted molar refractivity (Wildman–Crippen MR) is 107 cm³/mol. The Bertz CT molecular complexity index is 1520. The Hall–Kier alpha value is -4.64. The summed E-state index contributed by atoms with van der Waals surface area (Å²) in [5.41, 5.74) is 2.05. The average Bonchev–Trinajstić information content (AvgIpc) is 2.75. The number of rotatable bonds is 0. The van der Waals surface area contributed by atoms with Gasteiger partial charge in [-0.3, -0.25) is 0 Å². The minimum atomic E-state index is 0.503. The number of benzene rings is 5. The molecule has 28 heavy (non-hydrogen) atoms. The molecule has 0 aromatic heterocycles. The van der Waals surface area contributed by atoms with Crippen LogP contribution >= 0.6 is 0 Å². The highest BCUT2D eigenvalue weighted by Crippen LogP contribution is 2.44. The molecule has 0 aliphatic rings. The van der Waals surface area contributed by atoms with Crippen LogP contribution in [0.4, 0.5) is 0 Å². The monoisotopic (exact) mass is 352 g/mol. The molecule has 0 radical (unpaired) electrons. The van der Waals surface area contributed by atoms with Crippen LogP contribution in [0.1, 0.15) is 22.3 Å². The molecule has 4 heteroatoms. The fourth-order valence-corrected chi connectivity index (χ4v) is 4.25. The van der Waals surface area contributed by atoms with Gasteiger partial charge in [-0.2, -0.15) is 21.0 Å². The lowest BCUT2D eigenvalue weighted by atomic mass is 9.84. The van der Waals surface area contributed by atoms with E-state index in [1.54, 1.807) is 36.4 Å². The van der Waals surface area contributed by atoms with Gasteiger partial charge in [0, 0.05) is 32.3 Å². The quantitative estimate of drug-likeness (QED) is 0.282. The molecule has 4 nitrogen and oxygen atoms in total. The van der Waals surface area contributed by atoms with Crippen LogP contribution < -0.4 is 0 Å². The molecule has 0 fully saturated rings. The number of hydrogen-bond donors (Lipinski definition) is 0. The smallest absolute Gasteiger partial charge is 0.0998 e. The van der Waals surface area contributed by atoms with E-state index in [9.17, 15) is 21.0 Å². The molecular formula is C24H8N4. The minimum Gasteiger partial charge on any atom is -0.192 e. The van der Waals surface area contributed by atoms with Crippen molar-refractivity contribution in [3.63, 3.8) is 0 Å². The van der Waals surface area contributed by atoms with Gasteiger partial charge in [-0.1, -0.05) is 24.3 Å². The highest BCUT2D eigenvalue weighted by atomic mass is 14.3. The fourth-order valence-electron chi connectivity index (χ4n) is 4.25. The molecule has 124 valence electrons. The van der Waals surface area contributed by atoms with Crippen LogP contribution in [-0.2, 0) is 0 Å². The topological polar surface area (TPSA) is 95.2 Å². The van der Waals surface area contributed by atoms with E-state index in [0.29, 0.717) is 22.3 Å². The Kier molecular flexibility index (Phi) is 3.02. The molecule has 0 aliphatic heterocycles. The van der Waals surface area contributed by atoms with Crippen molar-refractivity contribution in [2.24, 2.45) is 0 Å². The molecule has 0 atom stereocenters. The third-order valence-corrected chi connectivity index (χ3v) is 5.38. The lowest BCUT2D eigenvalue weighted by Gasteiger charge is -2.17. The first-order valence-corrected chi connectivity index (χ1v) is 8.54. The van der Waals surface area contributed by atoms with Crippen molar-refractivity contribution in [2.45, 2.75) is 0 Å². The van der Waals surface area contributed by atoms with E-state index < -0.39 is 0 Å². The summed E-state index contributed by atoms with van der Waals surface area (Å²) < 4.78 is 0. The van der Waals surface area contributed by atoms with Crippen LogP contribution in [0.3, 0.4) is 0 Å². The van der Waals surface area contributed by atoms with Gasteiger partial charge in [0.2, 0.25) is 0 Å². The van der Waals surface area contributed by atoms with Gasteiger partial charge >= 0.3 is 0 Å². The van der Waals surface area contributed by atoms with E-state index in [-0.39, 0.29) is 0 Å². The van der Waals surface area contributed by atoms with E-state index in [4.69, 9.17) is 0 Å². The van der Waals surface area contributed by atoms with Crippen LogP contribution in [-0.4, -0.2) is 0 Å². The maximum absolute atomic E-state index is 9.74.